The van der Waals surface area contributed by atoms with Crippen LogP contribution in [-0.2, 0) is 6.42 Å². The number of likely N-dealkylation sites (N-methyl/N-ethyl adjacent to an activating group) is 1. The van der Waals surface area contributed by atoms with Crippen molar-refractivity contribution in [3.8, 4) is 0 Å². The van der Waals surface area contributed by atoms with Crippen molar-refractivity contribution < 1.29 is 14.6 Å². The number of carbonyl (C=O) groups is 1. The molecule has 4 rings (SSSR count). The Bertz CT molecular complexity index is 1060. The Hall–Kier alpha value is -3.21. The molecule has 2 heterocycles. The first-order chi connectivity index (χ1) is 14.8. The molecule has 31 heavy (non-hydrogen) atoms. The molecule has 1 aliphatic heterocycles. The molecule has 2 aliphatic rings. The highest BCUT2D eigenvalue weighted by Gasteiger charge is 2.44. The third-order valence-corrected chi connectivity index (χ3v) is 6.69. The maximum atomic E-state index is 12.6. The molecular formula is C20H26N6O5. The minimum absolute atomic E-state index is 0.0215. The van der Waals surface area contributed by atoms with Crippen LogP contribution in [0.2, 0.25) is 0 Å². The van der Waals surface area contributed by atoms with Crippen molar-refractivity contribution in [3.63, 3.8) is 0 Å². The molecule has 1 aliphatic carbocycles. The van der Waals surface area contributed by atoms with Gasteiger partial charge in [0.1, 0.15) is 5.52 Å². The Balaban J connectivity index is 1.78. The summed E-state index contributed by atoms with van der Waals surface area (Å²) in [4.78, 5) is 41.8. The number of urea groups is 1. The Kier molecular flexibility index (Phi) is 5.29. The zero-order valence-electron chi connectivity index (χ0n) is 17.8. The molecule has 1 aromatic carbocycles. The second-order valence-corrected chi connectivity index (χ2v) is 8.28. The summed E-state index contributed by atoms with van der Waals surface area (Å²) in [7, 11) is 1.96. The predicted octanol–water partition coefficient (Wildman–Crippen LogP) is 2.75. The second kappa shape index (κ2) is 7.80. The quantitative estimate of drug-likeness (QED) is 0.553. The van der Waals surface area contributed by atoms with Gasteiger partial charge in [-0.05, 0) is 39.3 Å². The number of hydrogen-bond acceptors (Lipinski definition) is 6. The average Bonchev–Trinajstić information content (AvgIpc) is 3.13. The normalized spacial score (nSPS) is 22.7. The number of nitro benzene ring substituents is 2. The first kappa shape index (κ1) is 21.0. The zero-order chi connectivity index (χ0) is 22.4. The number of hydrogen-bond donors (Lipinski definition) is 2. The number of amides is 2. The number of likely N-dealkylation sites (tertiary alicyclic amines) is 1. The van der Waals surface area contributed by atoms with Gasteiger partial charge in [-0.1, -0.05) is 0 Å². The largest absolute Gasteiger partial charge is 0.355 e. The summed E-state index contributed by atoms with van der Waals surface area (Å²) < 4.78 is 0. The van der Waals surface area contributed by atoms with Crippen molar-refractivity contribution in [2.24, 2.45) is 0 Å². The van der Waals surface area contributed by atoms with Gasteiger partial charge in [-0.15, -0.1) is 0 Å². The maximum absolute atomic E-state index is 12.6. The van der Waals surface area contributed by atoms with E-state index in [0.717, 1.165) is 11.6 Å². The standard InChI is InChI=1S/C20H26N6O5/c1-4-24(5-2)20(27)22-12-7-13-14(23(3)10-12)6-11-9-21-19-16(26(30)31)8-15(25(28)29)18(13)17(11)19/h8-9,12-14,21H,4-7,10H2,1-3H3,(H,22,27)/t12-,13?,14+/m0/s1. The molecule has 1 aromatic heterocycles. The Morgan fingerprint density at radius 2 is 1.94 bits per heavy atom. The van der Waals surface area contributed by atoms with Gasteiger partial charge in [-0.2, -0.15) is 0 Å². The molecule has 11 heteroatoms. The van der Waals surface area contributed by atoms with Gasteiger partial charge in [0.2, 0.25) is 0 Å². The van der Waals surface area contributed by atoms with E-state index in [2.05, 4.69) is 15.2 Å². The summed E-state index contributed by atoms with van der Waals surface area (Å²) in [6, 6.07) is 0.764. The molecule has 1 unspecified atom stereocenters. The Morgan fingerprint density at radius 1 is 1.26 bits per heavy atom. The number of rotatable bonds is 5. The van der Waals surface area contributed by atoms with Gasteiger partial charge in [0.15, 0.2) is 0 Å². The first-order valence-corrected chi connectivity index (χ1v) is 10.5. The molecule has 166 valence electrons. The van der Waals surface area contributed by atoms with Crippen LogP contribution in [0.5, 0.6) is 0 Å². The summed E-state index contributed by atoms with van der Waals surface area (Å²) in [6.45, 7) is 5.66. The summed E-state index contributed by atoms with van der Waals surface area (Å²) >= 11 is 0. The van der Waals surface area contributed by atoms with Crippen LogP contribution in [0.15, 0.2) is 12.3 Å². The number of fused-ring (bicyclic) bond motifs is 2. The van der Waals surface area contributed by atoms with Crippen molar-refractivity contribution >= 4 is 28.3 Å². The van der Waals surface area contributed by atoms with Crippen LogP contribution < -0.4 is 5.32 Å². The third-order valence-electron chi connectivity index (χ3n) is 6.69. The van der Waals surface area contributed by atoms with Crippen LogP contribution in [0.25, 0.3) is 10.9 Å². The molecule has 2 N–H and O–H groups in total. The van der Waals surface area contributed by atoms with E-state index >= 15 is 0 Å². The highest BCUT2D eigenvalue weighted by Crippen LogP contribution is 2.49. The molecular weight excluding hydrogens is 404 g/mol. The van der Waals surface area contributed by atoms with E-state index in [4.69, 9.17) is 0 Å². The SMILES string of the molecule is CCN(CC)C(=O)N[C@H]1CC2c3c([N+](=O)[O-])cc([N+](=O)[O-])c4[nH]cc(c34)C[C@H]2N(C)C1. The van der Waals surface area contributed by atoms with Crippen molar-refractivity contribution in [1.82, 2.24) is 20.1 Å². The van der Waals surface area contributed by atoms with Gasteiger partial charge in [-0.25, -0.2) is 4.79 Å². The van der Waals surface area contributed by atoms with Crippen molar-refractivity contribution in [3.05, 3.63) is 43.6 Å². The van der Waals surface area contributed by atoms with Gasteiger partial charge >= 0.3 is 6.03 Å². The smallest absolute Gasteiger partial charge is 0.317 e. The monoisotopic (exact) mass is 430 g/mol. The summed E-state index contributed by atoms with van der Waals surface area (Å²) in [5.41, 5.74) is 1.21. The number of nitrogens with one attached hydrogen (secondary N) is 2. The van der Waals surface area contributed by atoms with Crippen LogP contribution in [0, 0.1) is 20.2 Å². The number of nitrogens with zero attached hydrogens (tertiary/aromatic N) is 4. The number of aromatic amines is 1. The van der Waals surface area contributed by atoms with Crippen LogP contribution >= 0.6 is 0 Å². The number of nitro groups is 2. The van der Waals surface area contributed by atoms with Crippen LogP contribution in [-0.4, -0.2) is 69.4 Å². The van der Waals surface area contributed by atoms with Gasteiger partial charge in [0.05, 0.1) is 15.9 Å². The number of benzene rings is 1. The fourth-order valence-electron chi connectivity index (χ4n) is 5.26. The Morgan fingerprint density at radius 3 is 2.55 bits per heavy atom. The fourth-order valence-corrected chi connectivity index (χ4v) is 5.26. The highest BCUT2D eigenvalue weighted by molar-refractivity contribution is 5.97. The molecule has 0 radical (unpaired) electrons. The van der Waals surface area contributed by atoms with E-state index < -0.39 is 9.85 Å². The second-order valence-electron chi connectivity index (χ2n) is 8.28. The van der Waals surface area contributed by atoms with Crippen molar-refractivity contribution in [2.45, 2.75) is 44.7 Å². The lowest BCUT2D eigenvalue weighted by molar-refractivity contribution is -0.393. The molecule has 0 spiro atoms. The van der Waals surface area contributed by atoms with Crippen LogP contribution in [0.4, 0.5) is 16.2 Å². The summed E-state index contributed by atoms with van der Waals surface area (Å²) in [5, 5.41) is 27.1. The van der Waals surface area contributed by atoms with Gasteiger partial charge in [0, 0.05) is 54.8 Å². The van der Waals surface area contributed by atoms with Crippen LogP contribution in [0.3, 0.4) is 0 Å². The fraction of sp³-hybridized carbons (Fsp3) is 0.550. The van der Waals surface area contributed by atoms with E-state index in [1.165, 1.54) is 0 Å². The average molecular weight is 430 g/mol. The molecule has 0 saturated carbocycles. The molecule has 1 saturated heterocycles. The number of carbonyl (C=O) groups excluding carboxylic acids is 1. The number of piperidine rings is 1. The van der Waals surface area contributed by atoms with E-state index in [9.17, 15) is 25.0 Å². The molecule has 1 fully saturated rings. The van der Waals surface area contributed by atoms with E-state index in [0.29, 0.717) is 48.9 Å². The van der Waals surface area contributed by atoms with Crippen LogP contribution in [0.1, 0.15) is 37.3 Å². The van der Waals surface area contributed by atoms with E-state index in [1.807, 2.05) is 20.9 Å². The Labute approximate surface area is 178 Å². The number of aromatic nitrogens is 1. The van der Waals surface area contributed by atoms with Crippen molar-refractivity contribution in [1.29, 1.82) is 0 Å². The number of H-pyrrole nitrogens is 1. The van der Waals surface area contributed by atoms with Gasteiger partial charge < -0.3 is 20.1 Å². The topological polar surface area (TPSA) is 138 Å². The summed E-state index contributed by atoms with van der Waals surface area (Å²) in [5.74, 6) is -0.215. The van der Waals surface area contributed by atoms with E-state index in [-0.39, 0.29) is 35.4 Å². The molecule has 11 nitrogen and oxygen atoms in total. The minimum Gasteiger partial charge on any atom is -0.355 e. The van der Waals surface area contributed by atoms with E-state index in [1.54, 1.807) is 11.1 Å². The molecule has 3 atom stereocenters. The zero-order valence-corrected chi connectivity index (χ0v) is 17.8. The summed E-state index contributed by atoms with van der Waals surface area (Å²) in [6.07, 6.45) is 2.91. The highest BCUT2D eigenvalue weighted by atomic mass is 16.6. The van der Waals surface area contributed by atoms with Gasteiger partial charge in [0.25, 0.3) is 11.4 Å². The predicted molar refractivity (Wildman–Crippen MR) is 114 cm³/mol. The van der Waals surface area contributed by atoms with Crippen molar-refractivity contribution in [2.75, 3.05) is 26.7 Å². The molecule has 0 bridgehead atoms. The molecule has 2 amide bonds. The number of non-ortho nitro benzene ring substituents is 1. The maximum Gasteiger partial charge on any atom is 0.317 e. The third kappa shape index (κ3) is 3.38. The lowest BCUT2D eigenvalue weighted by Crippen LogP contribution is -2.56. The van der Waals surface area contributed by atoms with Gasteiger partial charge in [-0.3, -0.25) is 20.2 Å². The first-order valence-electron chi connectivity index (χ1n) is 10.5. The lowest BCUT2D eigenvalue weighted by Gasteiger charge is -2.45. The lowest BCUT2D eigenvalue weighted by atomic mass is 9.73. The minimum atomic E-state index is -0.585. The molecule has 2 aromatic rings.